The van der Waals surface area contributed by atoms with E-state index in [1.165, 1.54) is 17.7 Å². The molecule has 4 rings (SSSR count). The predicted molar refractivity (Wildman–Crippen MR) is 184 cm³/mol. The topological polar surface area (TPSA) is 210 Å². The number of carbonyl (C=O) groups is 2. The van der Waals surface area contributed by atoms with Gasteiger partial charge in [0.15, 0.2) is 0 Å². The summed E-state index contributed by atoms with van der Waals surface area (Å²) in [5.41, 5.74) is 8.54. The van der Waals surface area contributed by atoms with Crippen LogP contribution in [-0.4, -0.2) is 51.4 Å². The molecule has 1 aliphatic rings. The molecule has 2 heterocycles. The number of hydrogen-bond acceptors (Lipinski definition) is 12. The van der Waals surface area contributed by atoms with Crippen molar-refractivity contribution in [2.75, 3.05) is 6.61 Å². The van der Waals surface area contributed by atoms with Gasteiger partial charge in [-0.05, 0) is 89.4 Å². The molecule has 3 aromatic rings. The molecule has 1 fully saturated rings. The number of H-pyrrole nitrogens is 1. The van der Waals surface area contributed by atoms with Crippen LogP contribution in [0.1, 0.15) is 91.6 Å². The van der Waals surface area contributed by atoms with E-state index < -0.39 is 67.2 Å². The third-order valence-electron chi connectivity index (χ3n) is 7.21. The molecule has 0 spiro atoms. The van der Waals surface area contributed by atoms with E-state index in [4.69, 9.17) is 27.8 Å². The van der Waals surface area contributed by atoms with Crippen molar-refractivity contribution in [1.29, 1.82) is 0 Å². The molecule has 0 amide bonds. The second-order valence-corrected chi connectivity index (χ2v) is 15.5. The Kier molecular flexibility index (Phi) is 12.5. The van der Waals surface area contributed by atoms with E-state index in [9.17, 15) is 29.3 Å². The minimum absolute atomic E-state index is 0.0590. The molecule has 51 heavy (non-hydrogen) atoms. The van der Waals surface area contributed by atoms with Crippen LogP contribution in [-0.2, 0) is 45.6 Å². The summed E-state index contributed by atoms with van der Waals surface area (Å²) in [6.45, 7) is 11.2. The molecule has 0 saturated carbocycles. The molecule has 0 unspecified atom stereocenters. The van der Waals surface area contributed by atoms with Crippen LogP contribution >= 0.6 is 7.82 Å². The molecule has 1 saturated heterocycles. The lowest BCUT2D eigenvalue weighted by molar-refractivity contribution is -0.0311. The van der Waals surface area contributed by atoms with Gasteiger partial charge in [0.05, 0.1) is 43.1 Å². The van der Waals surface area contributed by atoms with Gasteiger partial charge in [0.1, 0.15) is 17.4 Å². The van der Waals surface area contributed by atoms with Crippen LogP contribution in [0.3, 0.4) is 0 Å². The molecule has 274 valence electrons. The standard InChI is InChI=1S/C34H42N5O11P/c1-21-17-39(32(43)36-29(21)40)28-16-26(37-38-35)27(48-28)20-47-51(44,45-18-22-8-12-24(13-9-22)30(41)49-33(2,3)4)46-19-23-10-14-25(15-11-23)31(42)50-34(5,6)7/h8-15,17,26-28H,16,18-20H2,1-7H3,(H,36,40,43)/t26-,27+,28+/m0/s1. The van der Waals surface area contributed by atoms with Crippen molar-refractivity contribution in [2.24, 2.45) is 5.11 Å². The van der Waals surface area contributed by atoms with Crippen LogP contribution in [0.15, 0.2) is 69.4 Å². The van der Waals surface area contributed by atoms with Crippen molar-refractivity contribution in [3.63, 3.8) is 0 Å². The summed E-state index contributed by atoms with van der Waals surface area (Å²) in [5, 5.41) is 3.77. The second kappa shape index (κ2) is 16.2. The minimum Gasteiger partial charge on any atom is -0.456 e. The summed E-state index contributed by atoms with van der Waals surface area (Å²) in [6, 6.07) is 11.7. The zero-order valence-electron chi connectivity index (χ0n) is 29.5. The maximum absolute atomic E-state index is 14.1. The van der Waals surface area contributed by atoms with Gasteiger partial charge in [-0.1, -0.05) is 29.4 Å². The third-order valence-corrected chi connectivity index (χ3v) is 8.57. The van der Waals surface area contributed by atoms with Crippen LogP contribution in [0.5, 0.6) is 0 Å². The van der Waals surface area contributed by atoms with E-state index >= 15 is 0 Å². The fraction of sp³-hybridized carbons (Fsp3) is 0.471. The summed E-state index contributed by atoms with van der Waals surface area (Å²) in [7, 11) is -4.40. The number of rotatable bonds is 13. The highest BCUT2D eigenvalue weighted by Crippen LogP contribution is 2.51. The SMILES string of the molecule is Cc1cn([C@H]2C[C@H](N=[N+]=[N-])[C@@H](COP(=O)(OCc3ccc(C(=O)OC(C)(C)C)cc3)OCc3ccc(C(=O)OC(C)(C)C)cc3)O2)c(=O)[nH]c1=O. The van der Waals surface area contributed by atoms with Crippen molar-refractivity contribution in [2.45, 2.75) is 97.7 Å². The first-order chi connectivity index (χ1) is 23.8. The zero-order chi connectivity index (χ0) is 37.6. The van der Waals surface area contributed by atoms with Gasteiger partial charge < -0.3 is 14.2 Å². The van der Waals surface area contributed by atoms with Gasteiger partial charge in [-0.25, -0.2) is 18.9 Å². The number of aryl methyl sites for hydroxylation is 1. The molecule has 2 aromatic carbocycles. The normalized spacial score (nSPS) is 17.8. The van der Waals surface area contributed by atoms with Crippen molar-refractivity contribution >= 4 is 19.8 Å². The number of esters is 2. The number of hydrogen-bond donors (Lipinski definition) is 1. The number of carbonyl (C=O) groups excluding carboxylic acids is 2. The summed E-state index contributed by atoms with van der Waals surface area (Å²) in [5.74, 6) is -1.01. The largest absolute Gasteiger partial charge is 0.475 e. The van der Waals surface area contributed by atoms with Crippen molar-refractivity contribution in [1.82, 2.24) is 9.55 Å². The summed E-state index contributed by atoms with van der Waals surface area (Å²) in [6.07, 6.45) is -0.512. The maximum atomic E-state index is 14.1. The van der Waals surface area contributed by atoms with E-state index in [1.807, 2.05) is 0 Å². The Morgan fingerprint density at radius 2 is 1.39 bits per heavy atom. The number of nitrogens with one attached hydrogen (secondary N) is 1. The lowest BCUT2D eigenvalue weighted by Gasteiger charge is -2.22. The Labute approximate surface area is 294 Å². The Balaban J connectivity index is 1.50. The first-order valence-electron chi connectivity index (χ1n) is 16.0. The van der Waals surface area contributed by atoms with Crippen LogP contribution in [0.25, 0.3) is 10.4 Å². The van der Waals surface area contributed by atoms with E-state index in [-0.39, 0.29) is 25.2 Å². The maximum Gasteiger partial charge on any atom is 0.475 e. The third kappa shape index (κ3) is 11.5. The Morgan fingerprint density at radius 1 is 0.902 bits per heavy atom. The molecular formula is C34H42N5O11P. The summed E-state index contributed by atoms with van der Waals surface area (Å²) < 4.78 is 49.2. The number of nitrogens with zero attached hydrogens (tertiary/aromatic N) is 4. The molecule has 1 N–H and O–H groups in total. The number of azide groups is 1. The number of phosphoric acid groups is 1. The monoisotopic (exact) mass is 727 g/mol. The first-order valence-corrected chi connectivity index (χ1v) is 17.5. The Bertz CT molecular complexity index is 1840. The molecule has 0 bridgehead atoms. The lowest BCUT2D eigenvalue weighted by Crippen LogP contribution is -2.33. The molecule has 0 aliphatic carbocycles. The number of benzene rings is 2. The molecule has 16 nitrogen and oxygen atoms in total. The number of aromatic nitrogens is 2. The first kappa shape index (κ1) is 39.2. The van der Waals surface area contributed by atoms with Gasteiger partial charge in [-0.2, -0.15) is 0 Å². The lowest BCUT2D eigenvalue weighted by atomic mass is 10.1. The molecule has 1 aromatic heterocycles. The average molecular weight is 728 g/mol. The van der Waals surface area contributed by atoms with E-state index in [0.717, 1.165) is 0 Å². The van der Waals surface area contributed by atoms with Crippen LogP contribution in [0.4, 0.5) is 0 Å². The van der Waals surface area contributed by atoms with Gasteiger partial charge in [0.2, 0.25) is 0 Å². The van der Waals surface area contributed by atoms with Gasteiger partial charge >= 0.3 is 25.5 Å². The zero-order valence-corrected chi connectivity index (χ0v) is 30.4. The fourth-order valence-electron chi connectivity index (χ4n) is 4.76. The highest BCUT2D eigenvalue weighted by Gasteiger charge is 2.39. The highest BCUT2D eigenvalue weighted by atomic mass is 31.2. The van der Waals surface area contributed by atoms with Crippen LogP contribution in [0, 0.1) is 6.92 Å². The minimum atomic E-state index is -4.40. The van der Waals surface area contributed by atoms with Gasteiger partial charge in [0, 0.05) is 23.1 Å². The predicted octanol–water partition coefficient (Wildman–Crippen LogP) is 6.28. The summed E-state index contributed by atoms with van der Waals surface area (Å²) >= 11 is 0. The fourth-order valence-corrected chi connectivity index (χ4v) is 5.92. The quantitative estimate of drug-likeness (QED) is 0.0681. The molecule has 17 heteroatoms. The molecule has 0 radical (unpaired) electrons. The number of aromatic amines is 1. The van der Waals surface area contributed by atoms with E-state index in [0.29, 0.717) is 22.3 Å². The Hall–Kier alpha value is -4.56. The van der Waals surface area contributed by atoms with E-state index in [1.54, 1.807) is 90.1 Å². The van der Waals surface area contributed by atoms with Crippen molar-refractivity contribution in [3.8, 4) is 0 Å². The van der Waals surface area contributed by atoms with E-state index in [2.05, 4.69) is 15.0 Å². The number of phosphoric ester groups is 1. The smallest absolute Gasteiger partial charge is 0.456 e. The second-order valence-electron chi connectivity index (χ2n) is 13.8. The van der Waals surface area contributed by atoms with Crippen molar-refractivity contribution in [3.05, 3.63) is 114 Å². The van der Waals surface area contributed by atoms with Gasteiger partial charge in [0.25, 0.3) is 5.56 Å². The molecule has 3 atom stereocenters. The highest BCUT2D eigenvalue weighted by molar-refractivity contribution is 7.48. The molecule has 1 aliphatic heterocycles. The van der Waals surface area contributed by atoms with Gasteiger partial charge in [-0.15, -0.1) is 0 Å². The van der Waals surface area contributed by atoms with Crippen LogP contribution in [0.2, 0.25) is 0 Å². The molecular weight excluding hydrogens is 685 g/mol. The van der Waals surface area contributed by atoms with Crippen molar-refractivity contribution < 1.29 is 41.9 Å². The Morgan fingerprint density at radius 3 is 1.84 bits per heavy atom. The van der Waals surface area contributed by atoms with Gasteiger partial charge in [-0.3, -0.25) is 27.9 Å². The summed E-state index contributed by atoms with van der Waals surface area (Å²) in [4.78, 5) is 54.3. The van der Waals surface area contributed by atoms with Crippen LogP contribution < -0.4 is 11.2 Å². The average Bonchev–Trinajstić information content (AvgIpc) is 3.45. The number of ether oxygens (including phenoxy) is 3.